The number of nitrogens with one attached hydrogen (secondary N) is 1. The molecule has 0 aliphatic rings. The van der Waals surface area contributed by atoms with Gasteiger partial charge >= 0.3 is 6.18 Å². The van der Waals surface area contributed by atoms with Gasteiger partial charge in [-0.1, -0.05) is 6.07 Å². The third kappa shape index (κ3) is 3.26. The Morgan fingerprint density at radius 2 is 1.81 bits per heavy atom. The van der Waals surface area contributed by atoms with Gasteiger partial charge in [-0.15, -0.1) is 0 Å². The van der Waals surface area contributed by atoms with E-state index in [-0.39, 0.29) is 0 Å². The van der Waals surface area contributed by atoms with Crippen molar-refractivity contribution in [3.63, 3.8) is 0 Å². The molecule has 0 aliphatic heterocycles. The van der Waals surface area contributed by atoms with Crippen LogP contribution in [0.15, 0.2) is 36.4 Å². The lowest BCUT2D eigenvalue weighted by molar-refractivity contribution is -0.137. The van der Waals surface area contributed by atoms with Crippen LogP contribution >= 0.6 is 0 Å². The molecule has 3 nitrogen and oxygen atoms in total. The van der Waals surface area contributed by atoms with Gasteiger partial charge in [-0.3, -0.25) is 0 Å². The molecular weight excluding hydrogens is 279 g/mol. The van der Waals surface area contributed by atoms with E-state index in [1.165, 1.54) is 18.2 Å². The molecule has 0 heterocycles. The summed E-state index contributed by atoms with van der Waals surface area (Å²) in [6, 6.07) is 9.95. The molecule has 0 radical (unpaired) electrons. The Morgan fingerprint density at radius 3 is 2.43 bits per heavy atom. The van der Waals surface area contributed by atoms with Gasteiger partial charge in [0, 0.05) is 5.69 Å². The molecule has 0 aliphatic carbocycles. The first kappa shape index (κ1) is 14.7. The van der Waals surface area contributed by atoms with E-state index in [1.54, 1.807) is 13.0 Å². The Bertz CT molecular complexity index is 715. The zero-order valence-electron chi connectivity index (χ0n) is 11.1. The lowest BCUT2D eigenvalue weighted by Crippen LogP contribution is -2.06. The van der Waals surface area contributed by atoms with Gasteiger partial charge in [-0.05, 0) is 42.8 Å². The highest BCUT2D eigenvalue weighted by atomic mass is 19.4. The number of benzene rings is 2. The van der Waals surface area contributed by atoms with E-state index in [9.17, 15) is 13.2 Å². The number of aryl methyl sites for hydroxylation is 1. The maximum absolute atomic E-state index is 12.7. The molecule has 0 spiro atoms. The highest BCUT2D eigenvalue weighted by Crippen LogP contribution is 2.34. The van der Waals surface area contributed by atoms with Crippen molar-refractivity contribution in [3.05, 3.63) is 53.1 Å². The number of hydrogen-bond donors (Lipinski definition) is 2. The molecule has 2 aromatic carbocycles. The Labute approximate surface area is 119 Å². The molecule has 0 amide bonds. The summed E-state index contributed by atoms with van der Waals surface area (Å²) in [6.45, 7) is 1.69. The van der Waals surface area contributed by atoms with Crippen molar-refractivity contribution < 1.29 is 13.2 Å². The summed E-state index contributed by atoms with van der Waals surface area (Å²) in [5.74, 6) is 0. The maximum Gasteiger partial charge on any atom is 0.416 e. The summed E-state index contributed by atoms with van der Waals surface area (Å²) >= 11 is 0. The van der Waals surface area contributed by atoms with Gasteiger partial charge in [-0.2, -0.15) is 18.4 Å². The number of hydrogen-bond acceptors (Lipinski definition) is 3. The fraction of sp³-hybridized carbons (Fsp3) is 0.133. The van der Waals surface area contributed by atoms with Crippen LogP contribution in [0.25, 0.3) is 0 Å². The molecule has 0 unspecified atom stereocenters. The van der Waals surface area contributed by atoms with Crippen LogP contribution in [0.2, 0.25) is 0 Å². The zero-order chi connectivity index (χ0) is 15.6. The molecule has 0 fully saturated rings. The Morgan fingerprint density at radius 1 is 1.10 bits per heavy atom. The zero-order valence-corrected chi connectivity index (χ0v) is 11.1. The summed E-state index contributed by atoms with van der Waals surface area (Å²) in [5.41, 5.74) is 7.09. The summed E-state index contributed by atoms with van der Waals surface area (Å²) in [4.78, 5) is 0. The molecule has 108 valence electrons. The Kier molecular flexibility index (Phi) is 3.76. The van der Waals surface area contributed by atoms with Gasteiger partial charge in [0.2, 0.25) is 0 Å². The highest BCUT2D eigenvalue weighted by molar-refractivity contribution is 5.75. The fourth-order valence-electron chi connectivity index (χ4n) is 1.81. The lowest BCUT2D eigenvalue weighted by Gasteiger charge is -2.14. The maximum atomic E-state index is 12.7. The molecule has 0 aromatic heterocycles. The van der Waals surface area contributed by atoms with E-state index < -0.39 is 11.7 Å². The van der Waals surface area contributed by atoms with Gasteiger partial charge < -0.3 is 11.1 Å². The van der Waals surface area contributed by atoms with Crippen LogP contribution in [0.5, 0.6) is 0 Å². The van der Waals surface area contributed by atoms with Crippen LogP contribution in [0.4, 0.5) is 30.2 Å². The van der Waals surface area contributed by atoms with Crippen molar-refractivity contribution in [2.75, 3.05) is 11.1 Å². The normalized spacial score (nSPS) is 11.0. The van der Waals surface area contributed by atoms with E-state index in [4.69, 9.17) is 11.0 Å². The van der Waals surface area contributed by atoms with Crippen molar-refractivity contribution in [2.45, 2.75) is 13.1 Å². The van der Waals surface area contributed by atoms with E-state index in [1.807, 2.05) is 6.07 Å². The summed E-state index contributed by atoms with van der Waals surface area (Å²) in [7, 11) is 0. The van der Waals surface area contributed by atoms with Gasteiger partial charge in [0.1, 0.15) is 0 Å². The average Bonchev–Trinajstić information content (AvgIpc) is 2.42. The van der Waals surface area contributed by atoms with Crippen molar-refractivity contribution in [1.29, 1.82) is 5.26 Å². The van der Waals surface area contributed by atoms with E-state index in [0.717, 1.165) is 12.1 Å². The number of nitrogens with two attached hydrogens (primary N) is 1. The second kappa shape index (κ2) is 5.37. The number of nitrogen functional groups attached to an aromatic ring is 1. The largest absolute Gasteiger partial charge is 0.416 e. The van der Waals surface area contributed by atoms with E-state index in [2.05, 4.69) is 5.32 Å². The smallest absolute Gasteiger partial charge is 0.397 e. The minimum atomic E-state index is -4.41. The number of nitrogens with zero attached hydrogens (tertiary/aromatic N) is 1. The monoisotopic (exact) mass is 291 g/mol. The van der Waals surface area contributed by atoms with Crippen LogP contribution in [-0.4, -0.2) is 0 Å². The van der Waals surface area contributed by atoms with E-state index in [0.29, 0.717) is 28.2 Å². The van der Waals surface area contributed by atoms with Crippen LogP contribution in [0.1, 0.15) is 16.7 Å². The average molecular weight is 291 g/mol. The SMILES string of the molecule is Cc1ccc(C(F)(F)F)cc1Nc1cc(C#N)ccc1N. The standard InChI is InChI=1S/C15H12F3N3/c1-9-2-4-11(15(16,17)18)7-13(9)21-14-6-10(8-19)3-5-12(14)20/h2-7,21H,20H2,1H3. The summed E-state index contributed by atoms with van der Waals surface area (Å²) < 4.78 is 38.2. The molecular formula is C15H12F3N3. The Balaban J connectivity index is 2.42. The van der Waals surface area contributed by atoms with Crippen molar-refractivity contribution >= 4 is 17.1 Å². The third-order valence-electron chi connectivity index (χ3n) is 3.02. The quantitative estimate of drug-likeness (QED) is 0.815. The predicted octanol–water partition coefficient (Wildman–Crippen LogP) is 4.21. The van der Waals surface area contributed by atoms with Gasteiger partial charge in [-0.25, -0.2) is 0 Å². The van der Waals surface area contributed by atoms with Gasteiger partial charge in [0.25, 0.3) is 0 Å². The van der Waals surface area contributed by atoms with Crippen LogP contribution < -0.4 is 11.1 Å². The lowest BCUT2D eigenvalue weighted by atomic mass is 10.1. The summed E-state index contributed by atoms with van der Waals surface area (Å²) in [6.07, 6.45) is -4.41. The first-order valence-corrected chi connectivity index (χ1v) is 6.06. The minimum absolute atomic E-state index is 0.298. The first-order chi connectivity index (χ1) is 9.81. The van der Waals surface area contributed by atoms with Gasteiger partial charge in [0.15, 0.2) is 0 Å². The molecule has 2 rings (SSSR count). The van der Waals surface area contributed by atoms with E-state index >= 15 is 0 Å². The fourth-order valence-corrected chi connectivity index (χ4v) is 1.81. The third-order valence-corrected chi connectivity index (χ3v) is 3.02. The molecule has 6 heteroatoms. The molecule has 0 atom stereocenters. The topological polar surface area (TPSA) is 61.8 Å². The van der Waals surface area contributed by atoms with Crippen molar-refractivity contribution in [3.8, 4) is 6.07 Å². The minimum Gasteiger partial charge on any atom is -0.397 e. The van der Waals surface area contributed by atoms with Crippen LogP contribution in [0, 0.1) is 18.3 Å². The van der Waals surface area contributed by atoms with Crippen LogP contribution in [-0.2, 0) is 6.18 Å². The molecule has 0 saturated heterocycles. The number of alkyl halides is 3. The van der Waals surface area contributed by atoms with Crippen molar-refractivity contribution in [1.82, 2.24) is 0 Å². The molecule has 2 aromatic rings. The number of halogens is 3. The molecule has 0 bridgehead atoms. The Hall–Kier alpha value is -2.68. The summed E-state index contributed by atoms with van der Waals surface area (Å²) in [5, 5.41) is 11.7. The highest BCUT2D eigenvalue weighted by Gasteiger charge is 2.30. The second-order valence-electron chi connectivity index (χ2n) is 4.57. The number of nitriles is 1. The number of anilines is 3. The first-order valence-electron chi connectivity index (χ1n) is 6.06. The molecule has 3 N–H and O–H groups in total. The predicted molar refractivity (Wildman–Crippen MR) is 75.0 cm³/mol. The van der Waals surface area contributed by atoms with Crippen LogP contribution in [0.3, 0.4) is 0 Å². The number of rotatable bonds is 2. The van der Waals surface area contributed by atoms with Gasteiger partial charge in [0.05, 0.1) is 28.6 Å². The van der Waals surface area contributed by atoms with Crippen molar-refractivity contribution in [2.24, 2.45) is 0 Å². The molecule has 21 heavy (non-hydrogen) atoms. The molecule has 0 saturated carbocycles. The second-order valence-corrected chi connectivity index (χ2v) is 4.57.